The average Bonchev–Trinajstić information content (AvgIpc) is 2.96. The first-order valence-electron chi connectivity index (χ1n) is 13.1. The molecular weight excluding hydrogens is 544 g/mol. The van der Waals surface area contributed by atoms with Crippen LogP contribution in [0.3, 0.4) is 0 Å². The number of rotatable bonds is 13. The van der Waals surface area contributed by atoms with E-state index in [2.05, 4.69) is 20.3 Å². The van der Waals surface area contributed by atoms with Crippen LogP contribution in [0.15, 0.2) is 84.9 Å². The lowest BCUT2D eigenvalue weighted by Crippen LogP contribution is -2.33. The van der Waals surface area contributed by atoms with E-state index in [0.29, 0.717) is 18.2 Å². The van der Waals surface area contributed by atoms with Crippen LogP contribution in [-0.4, -0.2) is 62.6 Å². The topological polar surface area (TPSA) is 124 Å². The zero-order valence-corrected chi connectivity index (χ0v) is 23.8. The molecule has 0 saturated heterocycles. The van der Waals surface area contributed by atoms with Crippen LogP contribution in [0.2, 0.25) is 5.28 Å². The molecule has 0 radical (unpaired) electrons. The van der Waals surface area contributed by atoms with Crippen LogP contribution in [0, 0.1) is 0 Å². The van der Waals surface area contributed by atoms with Gasteiger partial charge in [0.15, 0.2) is 0 Å². The first-order valence-corrected chi connectivity index (χ1v) is 13.4. The fourth-order valence-corrected chi connectivity index (χ4v) is 4.28. The highest BCUT2D eigenvalue weighted by atomic mass is 35.5. The molecule has 10 nitrogen and oxygen atoms in total. The van der Waals surface area contributed by atoms with Gasteiger partial charge in [-0.1, -0.05) is 72.8 Å². The van der Waals surface area contributed by atoms with Crippen molar-refractivity contribution in [1.82, 2.24) is 19.9 Å². The van der Waals surface area contributed by atoms with Crippen molar-refractivity contribution in [3.05, 3.63) is 107 Å². The van der Waals surface area contributed by atoms with Crippen molar-refractivity contribution in [3.63, 3.8) is 0 Å². The Bertz CT molecular complexity index is 1410. The van der Waals surface area contributed by atoms with E-state index >= 15 is 0 Å². The van der Waals surface area contributed by atoms with Gasteiger partial charge in [0, 0.05) is 13.0 Å². The summed E-state index contributed by atoms with van der Waals surface area (Å²) in [6.45, 7) is 2.55. The van der Waals surface area contributed by atoms with Crippen LogP contribution in [0.1, 0.15) is 29.7 Å². The summed E-state index contributed by atoms with van der Waals surface area (Å²) in [6.07, 6.45) is -0.957. The average molecular weight is 577 g/mol. The fourth-order valence-electron chi connectivity index (χ4n) is 4.13. The molecule has 3 N–H and O–H groups in total. The molecule has 0 aliphatic rings. The van der Waals surface area contributed by atoms with Crippen molar-refractivity contribution in [3.8, 4) is 5.75 Å². The van der Waals surface area contributed by atoms with Gasteiger partial charge in [-0.25, -0.2) is 4.79 Å². The second kappa shape index (κ2) is 13.9. The number of halogens is 1. The molecule has 0 spiro atoms. The van der Waals surface area contributed by atoms with Crippen LogP contribution in [-0.2, 0) is 17.8 Å². The predicted molar refractivity (Wildman–Crippen MR) is 158 cm³/mol. The number of nitrogens with zero attached hydrogens (tertiary/aromatic N) is 5. The molecule has 214 valence electrons. The zero-order chi connectivity index (χ0) is 29.4. The summed E-state index contributed by atoms with van der Waals surface area (Å²) < 4.78 is 5.42. The Morgan fingerprint density at radius 1 is 0.927 bits per heavy atom. The first-order chi connectivity index (χ1) is 19.7. The van der Waals surface area contributed by atoms with Gasteiger partial charge in [0.1, 0.15) is 11.8 Å². The molecule has 0 saturated carbocycles. The summed E-state index contributed by atoms with van der Waals surface area (Å²) in [5.41, 5.74) is 2.85. The Balaban J connectivity index is 1.57. The molecule has 4 aromatic rings. The van der Waals surface area contributed by atoms with E-state index in [4.69, 9.17) is 16.3 Å². The zero-order valence-electron chi connectivity index (χ0n) is 23.1. The highest BCUT2D eigenvalue weighted by Gasteiger charge is 2.24. The van der Waals surface area contributed by atoms with Gasteiger partial charge < -0.3 is 25.2 Å². The number of aromatic nitrogens is 3. The van der Waals surface area contributed by atoms with E-state index in [0.717, 1.165) is 16.7 Å². The molecule has 0 bridgehead atoms. The third-order valence-electron chi connectivity index (χ3n) is 6.45. The largest absolute Gasteiger partial charge is 0.480 e. The molecule has 0 aliphatic heterocycles. The minimum Gasteiger partial charge on any atom is -0.480 e. The molecule has 0 aliphatic carbocycles. The van der Waals surface area contributed by atoms with E-state index in [1.807, 2.05) is 72.5 Å². The van der Waals surface area contributed by atoms with Crippen molar-refractivity contribution in [2.75, 3.05) is 24.3 Å². The lowest BCUT2D eigenvalue weighted by molar-refractivity contribution is -0.137. The van der Waals surface area contributed by atoms with E-state index in [-0.39, 0.29) is 23.7 Å². The summed E-state index contributed by atoms with van der Waals surface area (Å²) in [5, 5.41) is 22.7. The van der Waals surface area contributed by atoms with Gasteiger partial charge in [-0.15, -0.1) is 0 Å². The number of hydrogen-bond acceptors (Lipinski definition) is 9. The van der Waals surface area contributed by atoms with E-state index in [9.17, 15) is 15.0 Å². The molecular formula is C30H33ClN6O4. The smallest absolute Gasteiger partial charge is 0.326 e. The minimum atomic E-state index is -1.09. The third-order valence-corrected chi connectivity index (χ3v) is 6.62. The van der Waals surface area contributed by atoms with Crippen molar-refractivity contribution in [2.45, 2.75) is 38.4 Å². The van der Waals surface area contributed by atoms with Gasteiger partial charge in [0.05, 0.1) is 6.04 Å². The highest BCUT2D eigenvalue weighted by Crippen LogP contribution is 2.28. The number of carboxylic acids is 1. The normalized spacial score (nSPS) is 13.3. The predicted octanol–water partition coefficient (Wildman–Crippen LogP) is 4.62. The first kappa shape index (κ1) is 29.7. The fraction of sp³-hybridized carbons (Fsp3) is 0.267. The minimum absolute atomic E-state index is 0.0547. The Hall–Kier alpha value is -4.25. The Labute approximate surface area is 244 Å². The van der Waals surface area contributed by atoms with Gasteiger partial charge in [-0.05, 0) is 61.4 Å². The van der Waals surface area contributed by atoms with Gasteiger partial charge in [-0.2, -0.15) is 15.0 Å². The number of aliphatic hydroxyl groups excluding tert-OH is 1. The van der Waals surface area contributed by atoms with E-state index < -0.39 is 18.4 Å². The van der Waals surface area contributed by atoms with Crippen LogP contribution < -0.4 is 15.0 Å². The number of benzene rings is 3. The SMILES string of the molecule is CC(c1ccccc1)N(Cc1ccccc1)c1nc(Cl)nc(NC(Cc2ccc(OC(O)N(C)C)cc2)C(=O)O)n1. The Morgan fingerprint density at radius 2 is 1.56 bits per heavy atom. The Morgan fingerprint density at radius 3 is 2.17 bits per heavy atom. The number of nitrogens with one attached hydrogen (secondary N) is 1. The van der Waals surface area contributed by atoms with Gasteiger partial charge in [0.25, 0.3) is 6.41 Å². The monoisotopic (exact) mass is 576 g/mol. The summed E-state index contributed by atoms with van der Waals surface area (Å²) in [6, 6.07) is 25.5. The molecule has 4 rings (SSSR count). The molecule has 3 atom stereocenters. The van der Waals surface area contributed by atoms with Gasteiger partial charge in [0.2, 0.25) is 17.2 Å². The number of ether oxygens (including phenoxy) is 1. The quantitative estimate of drug-likeness (QED) is 0.194. The summed E-state index contributed by atoms with van der Waals surface area (Å²) in [4.78, 5) is 28.9. The molecule has 3 aromatic carbocycles. The van der Waals surface area contributed by atoms with E-state index in [1.54, 1.807) is 38.4 Å². The molecule has 41 heavy (non-hydrogen) atoms. The number of aliphatic carboxylic acids is 1. The van der Waals surface area contributed by atoms with Crippen molar-refractivity contribution in [2.24, 2.45) is 0 Å². The summed E-state index contributed by atoms with van der Waals surface area (Å²) in [7, 11) is 3.37. The molecule has 0 amide bonds. The standard InChI is InChI=1S/C30H33ClN6O4/c1-20(23-12-8-5-9-13-23)37(19-22-10-6-4-7-11-22)29-34-27(31)33-28(35-29)32-25(26(38)39)18-21-14-16-24(17-15-21)41-30(40)36(2)3/h4-17,20,25,30,40H,18-19H2,1-3H3,(H,38,39)(H,32,33,34,35). The molecule has 3 unspecified atom stereocenters. The molecule has 11 heteroatoms. The Kier molecular flexibility index (Phi) is 10.1. The number of carbonyl (C=O) groups is 1. The lowest BCUT2D eigenvalue weighted by Gasteiger charge is -2.30. The second-order valence-electron chi connectivity index (χ2n) is 9.72. The second-order valence-corrected chi connectivity index (χ2v) is 10.1. The highest BCUT2D eigenvalue weighted by molar-refractivity contribution is 6.28. The third kappa shape index (κ3) is 8.37. The number of carboxylic acid groups (broad SMARTS) is 1. The van der Waals surface area contributed by atoms with Crippen LogP contribution in [0.5, 0.6) is 5.75 Å². The van der Waals surface area contributed by atoms with Crippen molar-refractivity contribution >= 4 is 29.5 Å². The summed E-state index contributed by atoms with van der Waals surface area (Å²) >= 11 is 6.34. The van der Waals surface area contributed by atoms with Crippen molar-refractivity contribution < 1.29 is 19.7 Å². The maximum absolute atomic E-state index is 12.2. The van der Waals surface area contributed by atoms with Crippen molar-refractivity contribution in [1.29, 1.82) is 0 Å². The van der Waals surface area contributed by atoms with Gasteiger partial charge in [-0.3, -0.25) is 4.90 Å². The van der Waals surface area contributed by atoms with Crippen LogP contribution in [0.4, 0.5) is 11.9 Å². The van der Waals surface area contributed by atoms with Crippen LogP contribution >= 0.6 is 11.6 Å². The number of aliphatic hydroxyl groups is 1. The maximum atomic E-state index is 12.2. The molecule has 1 heterocycles. The van der Waals surface area contributed by atoms with Crippen LogP contribution in [0.25, 0.3) is 0 Å². The molecule has 1 aromatic heterocycles. The lowest BCUT2D eigenvalue weighted by atomic mass is 10.1. The summed E-state index contributed by atoms with van der Waals surface area (Å²) in [5.74, 6) is -0.252. The van der Waals surface area contributed by atoms with E-state index in [1.165, 1.54) is 4.90 Å². The number of anilines is 2. The number of hydrogen-bond donors (Lipinski definition) is 3. The van der Waals surface area contributed by atoms with Gasteiger partial charge >= 0.3 is 5.97 Å². The molecule has 0 fully saturated rings. The maximum Gasteiger partial charge on any atom is 0.326 e.